The maximum absolute atomic E-state index is 12.8. The van der Waals surface area contributed by atoms with Crippen molar-refractivity contribution < 1.29 is 14.4 Å². The van der Waals surface area contributed by atoms with E-state index in [0.29, 0.717) is 31.7 Å². The Balaban J connectivity index is 1.57. The number of allylic oxidation sites excluding steroid dienone is 1. The van der Waals surface area contributed by atoms with Crippen molar-refractivity contribution in [2.75, 3.05) is 6.54 Å². The lowest BCUT2D eigenvalue weighted by Gasteiger charge is -2.19. The quantitative estimate of drug-likeness (QED) is 0.597. The minimum Gasteiger partial charge on any atom is -0.356 e. The second-order valence-electron chi connectivity index (χ2n) is 7.99. The first kappa shape index (κ1) is 20.8. The van der Waals surface area contributed by atoms with Crippen LogP contribution in [0.1, 0.15) is 44.1 Å². The molecule has 0 radical (unpaired) electrons. The van der Waals surface area contributed by atoms with Gasteiger partial charge in [0.1, 0.15) is 6.04 Å². The van der Waals surface area contributed by atoms with Crippen molar-refractivity contribution in [2.24, 2.45) is 17.8 Å². The molecule has 152 valence electrons. The Bertz CT molecular complexity index is 808. The fraction of sp³-hybridized carbons (Fsp3) is 0.478. The maximum Gasteiger partial charge on any atom is 0.224 e. The molecule has 29 heavy (non-hydrogen) atoms. The van der Waals surface area contributed by atoms with Gasteiger partial charge >= 0.3 is 0 Å². The van der Waals surface area contributed by atoms with E-state index in [4.69, 9.17) is 0 Å². The lowest BCUT2D eigenvalue weighted by molar-refractivity contribution is -0.129. The Hall–Kier alpha value is -2.94. The average molecular weight is 393 g/mol. The number of hydrogen-bond donors (Lipinski definition) is 2. The molecule has 1 saturated carbocycles. The summed E-state index contributed by atoms with van der Waals surface area (Å²) in [5.41, 5.74) is 0.934. The van der Waals surface area contributed by atoms with Crippen molar-refractivity contribution in [3.63, 3.8) is 0 Å². The second kappa shape index (κ2) is 10.0. The van der Waals surface area contributed by atoms with Gasteiger partial charge in [0.05, 0.1) is 6.07 Å². The molecule has 3 atom stereocenters. The Kier molecular flexibility index (Phi) is 7.18. The van der Waals surface area contributed by atoms with Crippen LogP contribution in [-0.4, -0.2) is 30.2 Å². The molecule has 2 amide bonds. The number of nitriles is 1. The summed E-state index contributed by atoms with van der Waals surface area (Å²) in [4.78, 5) is 37.0. The van der Waals surface area contributed by atoms with E-state index in [1.54, 1.807) is 6.08 Å². The SMILES string of the molecule is N#C[C@H](C[C@@H]1CCNC1=O)NC(=O)[C@@H](CC(=O)/C=C/c1ccccc1)CC1CC1. The van der Waals surface area contributed by atoms with E-state index >= 15 is 0 Å². The molecule has 0 bridgehead atoms. The van der Waals surface area contributed by atoms with E-state index in [1.165, 1.54) is 6.08 Å². The Labute approximate surface area is 171 Å². The molecule has 1 aromatic rings. The van der Waals surface area contributed by atoms with E-state index in [-0.39, 0.29) is 29.9 Å². The molecule has 6 heteroatoms. The van der Waals surface area contributed by atoms with Crippen LogP contribution < -0.4 is 10.6 Å². The highest BCUT2D eigenvalue weighted by atomic mass is 16.2. The van der Waals surface area contributed by atoms with Gasteiger partial charge in [-0.3, -0.25) is 14.4 Å². The standard InChI is InChI=1S/C23H27N3O3/c24-15-20(13-18-10-11-25-22(18)28)26-23(29)19(12-17-6-7-17)14-21(27)9-8-16-4-2-1-3-5-16/h1-5,8-9,17-20H,6-7,10-14H2,(H,25,28)(H,26,29)/b9-8+/t18-,19+,20-/m0/s1. The lowest BCUT2D eigenvalue weighted by atomic mass is 9.93. The van der Waals surface area contributed by atoms with Crippen molar-refractivity contribution in [3.05, 3.63) is 42.0 Å². The number of ketones is 1. The van der Waals surface area contributed by atoms with E-state index in [1.807, 2.05) is 30.3 Å². The number of nitrogens with one attached hydrogen (secondary N) is 2. The molecule has 1 saturated heterocycles. The summed E-state index contributed by atoms with van der Waals surface area (Å²) in [7, 11) is 0. The summed E-state index contributed by atoms with van der Waals surface area (Å²) < 4.78 is 0. The van der Waals surface area contributed by atoms with Crippen LogP contribution in [-0.2, 0) is 14.4 Å². The van der Waals surface area contributed by atoms with E-state index in [9.17, 15) is 19.6 Å². The van der Waals surface area contributed by atoms with Crippen LogP contribution in [0.3, 0.4) is 0 Å². The molecule has 1 aromatic carbocycles. The predicted octanol–water partition coefficient (Wildman–Crippen LogP) is 2.61. The normalized spacial score (nSPS) is 20.7. The highest BCUT2D eigenvalue weighted by molar-refractivity contribution is 5.96. The van der Waals surface area contributed by atoms with E-state index in [0.717, 1.165) is 18.4 Å². The predicted molar refractivity (Wildman–Crippen MR) is 109 cm³/mol. The van der Waals surface area contributed by atoms with Crippen LogP contribution in [0.25, 0.3) is 6.08 Å². The summed E-state index contributed by atoms with van der Waals surface area (Å²) in [5.74, 6) is -0.615. The fourth-order valence-corrected chi connectivity index (χ4v) is 3.69. The van der Waals surface area contributed by atoms with Gasteiger partial charge in [0, 0.05) is 24.8 Å². The van der Waals surface area contributed by atoms with Crippen molar-refractivity contribution in [1.29, 1.82) is 5.26 Å². The highest BCUT2D eigenvalue weighted by Crippen LogP contribution is 2.36. The molecular weight excluding hydrogens is 366 g/mol. The van der Waals surface area contributed by atoms with Gasteiger partial charge in [-0.05, 0) is 36.8 Å². The van der Waals surface area contributed by atoms with Crippen LogP contribution in [0.4, 0.5) is 0 Å². The summed E-state index contributed by atoms with van der Waals surface area (Å²) in [6, 6.07) is 10.9. The third-order valence-corrected chi connectivity index (χ3v) is 5.55. The molecular formula is C23H27N3O3. The number of amides is 2. The minimum absolute atomic E-state index is 0.0599. The van der Waals surface area contributed by atoms with E-state index < -0.39 is 12.0 Å². The van der Waals surface area contributed by atoms with Crippen molar-refractivity contribution in [2.45, 2.75) is 44.6 Å². The summed E-state index contributed by atoms with van der Waals surface area (Å²) in [5, 5.41) is 14.9. The molecule has 0 aromatic heterocycles. The first-order valence-corrected chi connectivity index (χ1v) is 10.3. The monoisotopic (exact) mass is 393 g/mol. The minimum atomic E-state index is -0.715. The lowest BCUT2D eigenvalue weighted by Crippen LogP contribution is -2.40. The Morgan fingerprint density at radius 3 is 2.59 bits per heavy atom. The van der Waals surface area contributed by atoms with Gasteiger partial charge < -0.3 is 10.6 Å². The summed E-state index contributed by atoms with van der Waals surface area (Å²) >= 11 is 0. The van der Waals surface area contributed by atoms with Gasteiger partial charge in [-0.2, -0.15) is 5.26 Å². The second-order valence-corrected chi connectivity index (χ2v) is 7.99. The van der Waals surface area contributed by atoms with Gasteiger partial charge in [0.25, 0.3) is 0 Å². The number of carbonyl (C=O) groups is 3. The van der Waals surface area contributed by atoms with Gasteiger partial charge in [0.15, 0.2) is 5.78 Å². The third-order valence-electron chi connectivity index (χ3n) is 5.55. The Morgan fingerprint density at radius 2 is 1.97 bits per heavy atom. The Morgan fingerprint density at radius 1 is 1.21 bits per heavy atom. The van der Waals surface area contributed by atoms with Gasteiger partial charge in [-0.1, -0.05) is 49.2 Å². The molecule has 0 unspecified atom stereocenters. The van der Waals surface area contributed by atoms with Crippen LogP contribution in [0.5, 0.6) is 0 Å². The molecule has 2 aliphatic rings. The molecule has 3 rings (SSSR count). The van der Waals surface area contributed by atoms with Crippen molar-refractivity contribution in [3.8, 4) is 6.07 Å². The van der Waals surface area contributed by atoms with Gasteiger partial charge in [0.2, 0.25) is 11.8 Å². The molecule has 2 fully saturated rings. The first-order valence-electron chi connectivity index (χ1n) is 10.3. The summed E-state index contributed by atoms with van der Waals surface area (Å²) in [6.45, 7) is 0.613. The largest absolute Gasteiger partial charge is 0.356 e. The smallest absolute Gasteiger partial charge is 0.224 e. The number of hydrogen-bond acceptors (Lipinski definition) is 4. The number of rotatable bonds is 10. The van der Waals surface area contributed by atoms with Gasteiger partial charge in [-0.25, -0.2) is 0 Å². The van der Waals surface area contributed by atoms with Crippen molar-refractivity contribution >= 4 is 23.7 Å². The van der Waals surface area contributed by atoms with Crippen LogP contribution in [0.15, 0.2) is 36.4 Å². The first-order chi connectivity index (χ1) is 14.0. The number of benzene rings is 1. The molecule has 0 spiro atoms. The van der Waals surface area contributed by atoms with Crippen LogP contribution >= 0.6 is 0 Å². The highest BCUT2D eigenvalue weighted by Gasteiger charge is 2.33. The molecule has 1 aliphatic heterocycles. The van der Waals surface area contributed by atoms with Crippen molar-refractivity contribution in [1.82, 2.24) is 10.6 Å². The van der Waals surface area contributed by atoms with Crippen LogP contribution in [0.2, 0.25) is 0 Å². The number of nitrogens with zero attached hydrogens (tertiary/aromatic N) is 1. The fourth-order valence-electron chi connectivity index (χ4n) is 3.69. The van der Waals surface area contributed by atoms with E-state index in [2.05, 4.69) is 16.7 Å². The average Bonchev–Trinajstić information content (AvgIpc) is 3.46. The number of carbonyl (C=O) groups excluding carboxylic acids is 3. The third kappa shape index (κ3) is 6.56. The zero-order chi connectivity index (χ0) is 20.6. The zero-order valence-corrected chi connectivity index (χ0v) is 16.5. The van der Waals surface area contributed by atoms with Gasteiger partial charge in [-0.15, -0.1) is 0 Å². The summed E-state index contributed by atoms with van der Waals surface area (Å²) in [6.07, 6.45) is 7.24. The van der Waals surface area contributed by atoms with Crippen LogP contribution in [0, 0.1) is 29.1 Å². The molecule has 1 heterocycles. The topological polar surface area (TPSA) is 99.1 Å². The zero-order valence-electron chi connectivity index (χ0n) is 16.5. The molecule has 6 nitrogen and oxygen atoms in total. The molecule has 2 N–H and O–H groups in total. The maximum atomic E-state index is 12.8. The molecule has 1 aliphatic carbocycles.